The maximum atomic E-state index is 5.76. The summed E-state index contributed by atoms with van der Waals surface area (Å²) < 4.78 is 2.12. The molecule has 6 heteroatoms. The predicted octanol–water partition coefficient (Wildman–Crippen LogP) is 5.08. The van der Waals surface area contributed by atoms with Crippen LogP contribution in [0.5, 0.6) is 0 Å². The average molecular weight is 430 g/mol. The van der Waals surface area contributed by atoms with E-state index < -0.39 is 0 Å². The minimum atomic E-state index is 0.833. The smallest absolute Gasteiger partial charge is 0.169 e. The lowest BCUT2D eigenvalue weighted by Crippen LogP contribution is -2.40. The molecule has 0 radical (unpaired) electrons. The first-order valence-electron chi connectivity index (χ1n) is 11.3. The monoisotopic (exact) mass is 429 g/mol. The van der Waals surface area contributed by atoms with Gasteiger partial charge in [0, 0.05) is 58.4 Å². The van der Waals surface area contributed by atoms with Crippen LogP contribution in [-0.4, -0.2) is 46.7 Å². The lowest BCUT2D eigenvalue weighted by Gasteiger charge is -2.26. The summed E-state index contributed by atoms with van der Waals surface area (Å²) in [6, 6.07) is 8.75. The molecule has 1 heterocycles. The molecule has 0 aliphatic heterocycles. The van der Waals surface area contributed by atoms with Gasteiger partial charge in [-0.25, -0.2) is 4.98 Å². The molecule has 0 saturated carbocycles. The van der Waals surface area contributed by atoms with Gasteiger partial charge in [0.15, 0.2) is 5.11 Å². The van der Waals surface area contributed by atoms with Crippen molar-refractivity contribution in [1.29, 1.82) is 0 Å². The van der Waals surface area contributed by atoms with Crippen LogP contribution in [0.3, 0.4) is 0 Å². The second kappa shape index (κ2) is 14.0. The van der Waals surface area contributed by atoms with Crippen LogP contribution in [-0.2, 0) is 13.1 Å². The zero-order valence-electron chi connectivity index (χ0n) is 19.0. The number of aromatic nitrogens is 2. The maximum absolute atomic E-state index is 5.76. The zero-order valence-corrected chi connectivity index (χ0v) is 19.8. The molecule has 5 nitrogen and oxygen atoms in total. The highest BCUT2D eigenvalue weighted by atomic mass is 32.1. The van der Waals surface area contributed by atoms with Crippen molar-refractivity contribution >= 4 is 23.0 Å². The quantitative estimate of drug-likeness (QED) is 0.335. The van der Waals surface area contributed by atoms with Crippen LogP contribution in [0.15, 0.2) is 43.0 Å². The molecule has 0 fully saturated rings. The maximum Gasteiger partial charge on any atom is 0.169 e. The summed E-state index contributed by atoms with van der Waals surface area (Å²) in [5, 5.41) is 4.36. The number of nitrogens with zero attached hydrogens (tertiary/aromatic N) is 4. The molecule has 166 valence electrons. The zero-order chi connectivity index (χ0) is 21.6. The van der Waals surface area contributed by atoms with Crippen molar-refractivity contribution < 1.29 is 0 Å². The Labute approximate surface area is 188 Å². The van der Waals surface area contributed by atoms with Crippen LogP contribution in [0.4, 0.5) is 5.69 Å². The van der Waals surface area contributed by atoms with E-state index in [1.54, 1.807) is 0 Å². The van der Waals surface area contributed by atoms with E-state index in [0.29, 0.717) is 0 Å². The second-order valence-electron chi connectivity index (χ2n) is 8.14. The number of unbranched alkanes of at least 4 members (excludes halogenated alkanes) is 5. The first-order valence-corrected chi connectivity index (χ1v) is 11.8. The molecule has 1 aromatic carbocycles. The summed E-state index contributed by atoms with van der Waals surface area (Å²) in [7, 11) is 4.14. The van der Waals surface area contributed by atoms with Crippen molar-refractivity contribution in [3.05, 3.63) is 48.5 Å². The number of imidazole rings is 1. The van der Waals surface area contributed by atoms with Crippen LogP contribution in [0.1, 0.15) is 57.4 Å². The van der Waals surface area contributed by atoms with Gasteiger partial charge in [-0.15, -0.1) is 0 Å². The van der Waals surface area contributed by atoms with Gasteiger partial charge < -0.3 is 19.7 Å². The van der Waals surface area contributed by atoms with E-state index in [0.717, 1.165) is 37.7 Å². The summed E-state index contributed by atoms with van der Waals surface area (Å²) in [4.78, 5) is 8.55. The number of anilines is 1. The van der Waals surface area contributed by atoms with Crippen LogP contribution in [0.2, 0.25) is 0 Å². The van der Waals surface area contributed by atoms with Gasteiger partial charge >= 0.3 is 0 Å². The lowest BCUT2D eigenvalue weighted by atomic mass is 10.1. The average Bonchev–Trinajstić information content (AvgIpc) is 3.26. The van der Waals surface area contributed by atoms with Crippen molar-refractivity contribution in [3.8, 4) is 0 Å². The molecular weight excluding hydrogens is 390 g/mol. The van der Waals surface area contributed by atoms with Crippen LogP contribution in [0, 0.1) is 0 Å². The Kier molecular flexibility index (Phi) is 11.3. The SMILES string of the molecule is CCCCCCCCNC(=S)N(CCCn1ccnc1)Cc1ccc(N(C)C)cc1. The van der Waals surface area contributed by atoms with Gasteiger partial charge in [-0.3, -0.25) is 0 Å². The van der Waals surface area contributed by atoms with Gasteiger partial charge in [0.1, 0.15) is 0 Å². The third kappa shape index (κ3) is 9.16. The molecule has 1 aromatic heterocycles. The lowest BCUT2D eigenvalue weighted by molar-refractivity contribution is 0.384. The van der Waals surface area contributed by atoms with Crippen molar-refractivity contribution in [1.82, 2.24) is 19.8 Å². The fraction of sp³-hybridized carbons (Fsp3) is 0.583. The van der Waals surface area contributed by atoms with Crippen molar-refractivity contribution in [2.45, 2.75) is 65.0 Å². The first kappa shape index (κ1) is 24.2. The summed E-state index contributed by atoms with van der Waals surface area (Å²) in [6.45, 7) is 5.93. The third-order valence-electron chi connectivity index (χ3n) is 5.32. The highest BCUT2D eigenvalue weighted by Gasteiger charge is 2.10. The van der Waals surface area contributed by atoms with Gasteiger partial charge in [-0.05, 0) is 42.8 Å². The highest BCUT2D eigenvalue weighted by molar-refractivity contribution is 7.80. The largest absolute Gasteiger partial charge is 0.378 e. The summed E-state index contributed by atoms with van der Waals surface area (Å²) >= 11 is 5.76. The molecule has 2 rings (SSSR count). The Hall–Kier alpha value is -2.08. The van der Waals surface area contributed by atoms with Crippen LogP contribution < -0.4 is 10.2 Å². The molecule has 0 atom stereocenters. The Balaban J connectivity index is 1.84. The summed E-state index contributed by atoms with van der Waals surface area (Å²) in [5.74, 6) is 0. The minimum Gasteiger partial charge on any atom is -0.378 e. The first-order chi connectivity index (χ1) is 14.6. The molecule has 0 bridgehead atoms. The van der Waals surface area contributed by atoms with Crippen LogP contribution in [0.25, 0.3) is 0 Å². The number of thiocarbonyl (C=S) groups is 1. The standard InChI is InChI=1S/C24H39N5S/c1-4-5-6-7-8-9-15-26-24(30)29(18-10-17-28-19-16-25-21-28)20-22-11-13-23(14-12-22)27(2)3/h11-14,16,19,21H,4-10,15,17-18,20H2,1-3H3,(H,26,30). The molecule has 0 spiro atoms. The molecule has 2 aromatic rings. The molecule has 0 aliphatic carbocycles. The molecular formula is C24H39N5S. The van der Waals surface area contributed by atoms with E-state index >= 15 is 0 Å². The number of rotatable bonds is 14. The minimum absolute atomic E-state index is 0.833. The number of hydrogen-bond donors (Lipinski definition) is 1. The highest BCUT2D eigenvalue weighted by Crippen LogP contribution is 2.14. The van der Waals surface area contributed by atoms with Crippen molar-refractivity contribution in [3.63, 3.8) is 0 Å². The van der Waals surface area contributed by atoms with Crippen LogP contribution >= 0.6 is 12.2 Å². The second-order valence-corrected chi connectivity index (χ2v) is 8.52. The molecule has 0 amide bonds. The van der Waals surface area contributed by atoms with E-state index in [9.17, 15) is 0 Å². The Morgan fingerprint density at radius 2 is 1.77 bits per heavy atom. The molecule has 0 aliphatic rings. The van der Waals surface area contributed by atoms with Gasteiger partial charge in [0.05, 0.1) is 6.33 Å². The molecule has 1 N–H and O–H groups in total. The molecule has 0 unspecified atom stereocenters. The number of hydrogen-bond acceptors (Lipinski definition) is 3. The Bertz CT molecular complexity index is 697. The van der Waals surface area contributed by atoms with E-state index in [1.807, 2.05) is 18.7 Å². The van der Waals surface area contributed by atoms with Crippen molar-refractivity contribution in [2.24, 2.45) is 0 Å². The number of benzene rings is 1. The number of nitrogens with one attached hydrogen (secondary N) is 1. The van der Waals surface area contributed by atoms with E-state index in [-0.39, 0.29) is 0 Å². The number of aryl methyl sites for hydroxylation is 1. The fourth-order valence-corrected chi connectivity index (χ4v) is 3.71. The molecule has 0 saturated heterocycles. The van der Waals surface area contributed by atoms with Gasteiger partial charge in [-0.2, -0.15) is 0 Å². The molecule has 30 heavy (non-hydrogen) atoms. The van der Waals surface area contributed by atoms with Crippen molar-refractivity contribution in [2.75, 3.05) is 32.1 Å². The fourth-order valence-electron chi connectivity index (χ4n) is 3.45. The normalized spacial score (nSPS) is 10.8. The predicted molar refractivity (Wildman–Crippen MR) is 132 cm³/mol. The van der Waals surface area contributed by atoms with Gasteiger partial charge in [-0.1, -0.05) is 51.2 Å². The summed E-state index contributed by atoms with van der Waals surface area (Å²) in [6.07, 6.45) is 14.5. The van der Waals surface area contributed by atoms with E-state index in [4.69, 9.17) is 12.2 Å². The van der Waals surface area contributed by atoms with E-state index in [1.165, 1.54) is 49.8 Å². The van der Waals surface area contributed by atoms with E-state index in [2.05, 4.69) is 70.0 Å². The summed E-state index contributed by atoms with van der Waals surface area (Å²) in [5.41, 5.74) is 2.50. The van der Waals surface area contributed by atoms with Gasteiger partial charge in [0.2, 0.25) is 0 Å². The topological polar surface area (TPSA) is 36.3 Å². The van der Waals surface area contributed by atoms with Gasteiger partial charge in [0.25, 0.3) is 0 Å². The Morgan fingerprint density at radius 1 is 1.03 bits per heavy atom. The third-order valence-corrected chi connectivity index (χ3v) is 5.73. The Morgan fingerprint density at radius 3 is 2.43 bits per heavy atom.